The zero-order valence-electron chi connectivity index (χ0n) is 9.96. The molecule has 2 heterocycles. The molecule has 0 atom stereocenters. The van der Waals surface area contributed by atoms with Crippen LogP contribution in [0.4, 0.5) is 5.88 Å². The van der Waals surface area contributed by atoms with Gasteiger partial charge in [0, 0.05) is 26.2 Å². The fraction of sp³-hybridized carbons (Fsp3) is 0.636. The number of furan rings is 1. The highest BCUT2D eigenvalue weighted by molar-refractivity contribution is 5.17. The smallest absolute Gasteiger partial charge is 0.404 e. The van der Waals surface area contributed by atoms with Crippen LogP contribution in [0.2, 0.25) is 0 Å². The summed E-state index contributed by atoms with van der Waals surface area (Å²) in [6, 6.07) is 3.10. The van der Waals surface area contributed by atoms with E-state index in [0.29, 0.717) is 12.3 Å². The molecule has 0 bridgehead atoms. The first-order valence-corrected chi connectivity index (χ1v) is 5.87. The van der Waals surface area contributed by atoms with Gasteiger partial charge in [0.1, 0.15) is 10.7 Å². The van der Waals surface area contributed by atoms with Crippen molar-refractivity contribution in [3.05, 3.63) is 28.0 Å². The van der Waals surface area contributed by atoms with Crippen LogP contribution in [0.1, 0.15) is 12.7 Å². The Morgan fingerprint density at radius 3 is 2.47 bits per heavy atom. The third-order valence-corrected chi connectivity index (χ3v) is 3.12. The molecule has 1 aromatic heterocycles. The van der Waals surface area contributed by atoms with Crippen LogP contribution in [0.3, 0.4) is 0 Å². The van der Waals surface area contributed by atoms with Crippen LogP contribution in [0.15, 0.2) is 16.5 Å². The molecule has 94 valence electrons. The molecular weight excluding hydrogens is 222 g/mol. The summed E-state index contributed by atoms with van der Waals surface area (Å²) in [5, 5.41) is 10.5. The summed E-state index contributed by atoms with van der Waals surface area (Å²) in [5.74, 6) is 0.494. The second-order valence-electron chi connectivity index (χ2n) is 4.21. The van der Waals surface area contributed by atoms with Gasteiger partial charge in [0.25, 0.3) is 0 Å². The van der Waals surface area contributed by atoms with Crippen LogP contribution in [0.25, 0.3) is 0 Å². The summed E-state index contributed by atoms with van der Waals surface area (Å²) in [5.41, 5.74) is 0. The average molecular weight is 239 g/mol. The fourth-order valence-corrected chi connectivity index (χ4v) is 2.03. The predicted molar refractivity (Wildman–Crippen MR) is 62.8 cm³/mol. The van der Waals surface area contributed by atoms with Gasteiger partial charge in [-0.1, -0.05) is 6.92 Å². The molecule has 0 unspecified atom stereocenters. The summed E-state index contributed by atoms with van der Waals surface area (Å²) in [6.45, 7) is 7.99. The van der Waals surface area contributed by atoms with Gasteiger partial charge in [0.05, 0.1) is 12.6 Å². The molecular formula is C11H17N3O3. The SMILES string of the molecule is CCN1CCN(Cc2ccc([N+](=O)[O-])o2)CC1. The van der Waals surface area contributed by atoms with Gasteiger partial charge in [0.2, 0.25) is 0 Å². The minimum Gasteiger partial charge on any atom is -0.404 e. The standard InChI is InChI=1S/C11H17N3O3/c1-2-12-5-7-13(8-6-12)9-10-3-4-11(17-10)14(15)16/h3-4H,2,5-9H2,1H3. The molecule has 0 N–H and O–H groups in total. The molecule has 1 aliphatic heterocycles. The first-order valence-electron chi connectivity index (χ1n) is 5.87. The lowest BCUT2D eigenvalue weighted by Gasteiger charge is -2.33. The van der Waals surface area contributed by atoms with Gasteiger partial charge >= 0.3 is 5.88 Å². The van der Waals surface area contributed by atoms with Gasteiger partial charge in [-0.05, 0) is 12.6 Å². The molecule has 1 aromatic rings. The van der Waals surface area contributed by atoms with Gasteiger partial charge in [-0.2, -0.15) is 0 Å². The van der Waals surface area contributed by atoms with Gasteiger partial charge in [-0.25, -0.2) is 0 Å². The highest BCUT2D eigenvalue weighted by Crippen LogP contribution is 2.17. The maximum atomic E-state index is 10.5. The molecule has 0 saturated carbocycles. The van der Waals surface area contributed by atoms with Crippen molar-refractivity contribution in [1.29, 1.82) is 0 Å². The lowest BCUT2D eigenvalue weighted by Crippen LogP contribution is -2.45. The van der Waals surface area contributed by atoms with Crippen molar-refractivity contribution in [2.75, 3.05) is 32.7 Å². The average Bonchev–Trinajstić information content (AvgIpc) is 2.79. The van der Waals surface area contributed by atoms with Crippen LogP contribution in [-0.2, 0) is 6.54 Å². The summed E-state index contributed by atoms with van der Waals surface area (Å²) in [4.78, 5) is 14.6. The first-order chi connectivity index (χ1) is 8.19. The summed E-state index contributed by atoms with van der Waals surface area (Å²) in [7, 11) is 0. The molecule has 1 aliphatic rings. The van der Waals surface area contributed by atoms with Crippen molar-refractivity contribution in [3.8, 4) is 0 Å². The quantitative estimate of drug-likeness (QED) is 0.586. The van der Waals surface area contributed by atoms with E-state index in [4.69, 9.17) is 4.42 Å². The van der Waals surface area contributed by atoms with Crippen LogP contribution in [0, 0.1) is 10.1 Å². The van der Waals surface area contributed by atoms with Gasteiger partial charge in [-0.3, -0.25) is 15.0 Å². The van der Waals surface area contributed by atoms with Gasteiger partial charge < -0.3 is 9.32 Å². The van der Waals surface area contributed by atoms with E-state index in [0.717, 1.165) is 32.7 Å². The Labute approximate surface area is 99.9 Å². The van der Waals surface area contributed by atoms with E-state index in [2.05, 4.69) is 16.7 Å². The third-order valence-electron chi connectivity index (χ3n) is 3.12. The van der Waals surface area contributed by atoms with E-state index < -0.39 is 4.92 Å². The number of hydrogen-bond acceptors (Lipinski definition) is 5. The van der Waals surface area contributed by atoms with Crippen LogP contribution in [-0.4, -0.2) is 47.4 Å². The highest BCUT2D eigenvalue weighted by atomic mass is 16.6. The van der Waals surface area contributed by atoms with E-state index in [1.165, 1.54) is 6.07 Å². The lowest BCUT2D eigenvalue weighted by atomic mass is 10.3. The molecule has 0 spiro atoms. The maximum Gasteiger partial charge on any atom is 0.433 e. The van der Waals surface area contributed by atoms with Crippen LogP contribution >= 0.6 is 0 Å². The second-order valence-corrected chi connectivity index (χ2v) is 4.21. The molecule has 6 nitrogen and oxygen atoms in total. The number of nitro groups is 1. The van der Waals surface area contributed by atoms with Gasteiger partial charge in [-0.15, -0.1) is 0 Å². The van der Waals surface area contributed by atoms with Crippen molar-refractivity contribution >= 4 is 5.88 Å². The van der Waals surface area contributed by atoms with Crippen LogP contribution in [0.5, 0.6) is 0 Å². The largest absolute Gasteiger partial charge is 0.433 e. The summed E-state index contributed by atoms with van der Waals surface area (Å²) < 4.78 is 5.15. The van der Waals surface area contributed by atoms with Crippen molar-refractivity contribution < 1.29 is 9.34 Å². The minimum atomic E-state index is -0.501. The van der Waals surface area contributed by atoms with Crippen molar-refractivity contribution in [3.63, 3.8) is 0 Å². The molecule has 2 rings (SSSR count). The maximum absolute atomic E-state index is 10.5. The Balaban J connectivity index is 1.86. The zero-order chi connectivity index (χ0) is 12.3. The van der Waals surface area contributed by atoms with Gasteiger partial charge in [0.15, 0.2) is 0 Å². The summed E-state index contributed by atoms with van der Waals surface area (Å²) >= 11 is 0. The minimum absolute atomic E-state index is 0.174. The van der Waals surface area contributed by atoms with Crippen molar-refractivity contribution in [1.82, 2.24) is 9.80 Å². The van der Waals surface area contributed by atoms with Crippen molar-refractivity contribution in [2.24, 2.45) is 0 Å². The van der Waals surface area contributed by atoms with E-state index in [1.807, 2.05) is 0 Å². The van der Waals surface area contributed by atoms with E-state index in [1.54, 1.807) is 6.07 Å². The predicted octanol–water partition coefficient (Wildman–Crippen LogP) is 1.33. The highest BCUT2D eigenvalue weighted by Gasteiger charge is 2.18. The molecule has 1 fully saturated rings. The number of rotatable bonds is 4. The first kappa shape index (κ1) is 12.1. The van der Waals surface area contributed by atoms with Crippen LogP contribution < -0.4 is 0 Å². The Morgan fingerprint density at radius 1 is 1.29 bits per heavy atom. The lowest BCUT2D eigenvalue weighted by molar-refractivity contribution is -0.402. The number of likely N-dealkylation sites (N-methyl/N-ethyl adjacent to an activating group) is 1. The summed E-state index contributed by atoms with van der Waals surface area (Å²) in [6.07, 6.45) is 0. The normalized spacial score (nSPS) is 18.4. The molecule has 6 heteroatoms. The number of piperazine rings is 1. The van der Waals surface area contributed by atoms with E-state index in [9.17, 15) is 10.1 Å². The Morgan fingerprint density at radius 2 is 1.94 bits per heavy atom. The molecule has 0 amide bonds. The Kier molecular flexibility index (Phi) is 3.75. The molecule has 0 aliphatic carbocycles. The molecule has 1 saturated heterocycles. The number of hydrogen-bond donors (Lipinski definition) is 0. The Bertz CT molecular complexity index is 383. The monoisotopic (exact) mass is 239 g/mol. The second kappa shape index (κ2) is 5.29. The molecule has 0 aromatic carbocycles. The molecule has 0 radical (unpaired) electrons. The van der Waals surface area contributed by atoms with E-state index in [-0.39, 0.29) is 5.88 Å². The molecule has 17 heavy (non-hydrogen) atoms. The number of nitrogens with zero attached hydrogens (tertiary/aromatic N) is 3. The topological polar surface area (TPSA) is 62.8 Å². The zero-order valence-corrected chi connectivity index (χ0v) is 9.96. The third kappa shape index (κ3) is 3.04. The fourth-order valence-electron chi connectivity index (χ4n) is 2.03. The Hall–Kier alpha value is -1.40. The van der Waals surface area contributed by atoms with E-state index >= 15 is 0 Å². The van der Waals surface area contributed by atoms with Crippen molar-refractivity contribution in [2.45, 2.75) is 13.5 Å².